The van der Waals surface area contributed by atoms with Crippen molar-refractivity contribution in [3.05, 3.63) is 0 Å². The van der Waals surface area contributed by atoms with Gasteiger partial charge in [-0.05, 0) is 6.92 Å². The largest absolute Gasteiger partial charge is 0.380 e. The summed E-state index contributed by atoms with van der Waals surface area (Å²) in [6, 6.07) is -0.0543. The first-order chi connectivity index (χ1) is 5.69. The van der Waals surface area contributed by atoms with Gasteiger partial charge in [0.1, 0.15) is 0 Å². The Kier molecular flexibility index (Phi) is 3.46. The van der Waals surface area contributed by atoms with E-state index in [4.69, 9.17) is 19.9 Å². The van der Waals surface area contributed by atoms with Gasteiger partial charge in [0.05, 0.1) is 18.2 Å². The van der Waals surface area contributed by atoms with Gasteiger partial charge in [-0.15, -0.1) is 0 Å². The van der Waals surface area contributed by atoms with Crippen molar-refractivity contribution in [3.63, 3.8) is 0 Å². The molecule has 0 radical (unpaired) electrons. The molecule has 0 spiro atoms. The smallest absolute Gasteiger partial charge is 0.160 e. The van der Waals surface area contributed by atoms with Gasteiger partial charge in [-0.2, -0.15) is 0 Å². The number of nitrogens with two attached hydrogens (primary N) is 1. The molecule has 1 heterocycles. The Balaban J connectivity index is 2.52. The van der Waals surface area contributed by atoms with Crippen molar-refractivity contribution in [1.82, 2.24) is 0 Å². The summed E-state index contributed by atoms with van der Waals surface area (Å²) in [6.07, 6.45) is 0.565. The third-order valence-electron chi connectivity index (χ3n) is 2.33. The fourth-order valence-electron chi connectivity index (χ4n) is 1.44. The molecule has 0 saturated carbocycles. The second kappa shape index (κ2) is 4.18. The molecule has 72 valence electrons. The van der Waals surface area contributed by atoms with Gasteiger partial charge in [-0.1, -0.05) is 0 Å². The van der Waals surface area contributed by atoms with E-state index in [1.807, 2.05) is 6.92 Å². The van der Waals surface area contributed by atoms with Crippen LogP contribution in [-0.4, -0.2) is 38.8 Å². The summed E-state index contributed by atoms with van der Waals surface area (Å²) in [5.41, 5.74) is 5.84. The summed E-state index contributed by atoms with van der Waals surface area (Å²) in [6.45, 7) is 1.93. The molecule has 1 rings (SSSR count). The standard InChI is InChI=1S/C8H17NO3/c1-5-8(9)6(10-2)4-7(11-3)12-5/h5-8H,4,9H2,1-3H3. The molecule has 12 heavy (non-hydrogen) atoms. The molecule has 2 N–H and O–H groups in total. The highest BCUT2D eigenvalue weighted by Gasteiger charge is 2.33. The molecule has 0 aromatic carbocycles. The molecule has 0 bridgehead atoms. The van der Waals surface area contributed by atoms with Gasteiger partial charge in [-0.3, -0.25) is 0 Å². The van der Waals surface area contributed by atoms with E-state index in [1.54, 1.807) is 14.2 Å². The van der Waals surface area contributed by atoms with Crippen LogP contribution in [0.1, 0.15) is 13.3 Å². The summed E-state index contributed by atoms with van der Waals surface area (Å²) in [5.74, 6) is 0. The first kappa shape index (κ1) is 9.92. The van der Waals surface area contributed by atoms with Gasteiger partial charge >= 0.3 is 0 Å². The molecule has 0 aromatic heterocycles. The second-order valence-electron chi connectivity index (χ2n) is 3.09. The Morgan fingerprint density at radius 2 is 2.00 bits per heavy atom. The average Bonchev–Trinajstić information content (AvgIpc) is 2.09. The van der Waals surface area contributed by atoms with Crippen molar-refractivity contribution in [1.29, 1.82) is 0 Å². The van der Waals surface area contributed by atoms with Crippen molar-refractivity contribution in [2.75, 3.05) is 14.2 Å². The van der Waals surface area contributed by atoms with Crippen LogP contribution in [0.25, 0.3) is 0 Å². The molecule has 1 aliphatic rings. The number of hydrogen-bond donors (Lipinski definition) is 1. The molecule has 4 unspecified atom stereocenters. The van der Waals surface area contributed by atoms with Crippen molar-refractivity contribution in [3.8, 4) is 0 Å². The predicted octanol–water partition coefficient (Wildman–Crippen LogP) is 0.110. The third kappa shape index (κ3) is 1.95. The predicted molar refractivity (Wildman–Crippen MR) is 44.7 cm³/mol. The van der Waals surface area contributed by atoms with Crippen LogP contribution in [0.15, 0.2) is 0 Å². The maximum atomic E-state index is 5.84. The molecule has 0 amide bonds. The van der Waals surface area contributed by atoms with Crippen LogP contribution >= 0.6 is 0 Å². The van der Waals surface area contributed by atoms with Crippen LogP contribution in [-0.2, 0) is 14.2 Å². The van der Waals surface area contributed by atoms with E-state index < -0.39 is 0 Å². The van der Waals surface area contributed by atoms with Gasteiger partial charge in [0, 0.05) is 20.6 Å². The average molecular weight is 175 g/mol. The van der Waals surface area contributed by atoms with E-state index in [-0.39, 0.29) is 24.5 Å². The highest BCUT2D eigenvalue weighted by Crippen LogP contribution is 2.20. The molecule has 0 aromatic rings. The number of hydrogen-bond acceptors (Lipinski definition) is 4. The Labute approximate surface area is 73.0 Å². The van der Waals surface area contributed by atoms with E-state index in [0.717, 1.165) is 0 Å². The van der Waals surface area contributed by atoms with Crippen molar-refractivity contribution in [2.24, 2.45) is 5.73 Å². The minimum absolute atomic E-state index is 0.00588. The van der Waals surface area contributed by atoms with Crippen LogP contribution < -0.4 is 5.73 Å². The summed E-state index contributed by atoms with van der Waals surface area (Å²) in [5, 5.41) is 0. The van der Waals surface area contributed by atoms with Gasteiger partial charge in [-0.25, -0.2) is 0 Å². The molecule has 1 aliphatic heterocycles. The highest BCUT2D eigenvalue weighted by atomic mass is 16.7. The lowest BCUT2D eigenvalue weighted by molar-refractivity contribution is -0.209. The van der Waals surface area contributed by atoms with E-state index >= 15 is 0 Å². The zero-order valence-electron chi connectivity index (χ0n) is 7.82. The lowest BCUT2D eigenvalue weighted by atomic mass is 10.0. The number of ether oxygens (including phenoxy) is 3. The normalized spacial score (nSPS) is 43.0. The molecular weight excluding hydrogens is 158 g/mol. The van der Waals surface area contributed by atoms with Gasteiger partial charge in [0.25, 0.3) is 0 Å². The van der Waals surface area contributed by atoms with Crippen LogP contribution in [0, 0.1) is 0 Å². The molecule has 1 saturated heterocycles. The quantitative estimate of drug-likeness (QED) is 0.647. The maximum absolute atomic E-state index is 5.84. The summed E-state index contributed by atoms with van der Waals surface area (Å²) in [4.78, 5) is 0. The third-order valence-corrected chi connectivity index (χ3v) is 2.33. The lowest BCUT2D eigenvalue weighted by Gasteiger charge is -2.37. The Morgan fingerprint density at radius 1 is 1.33 bits per heavy atom. The molecule has 4 heteroatoms. The van der Waals surface area contributed by atoms with Crippen LogP contribution in [0.3, 0.4) is 0 Å². The molecule has 4 nitrogen and oxygen atoms in total. The first-order valence-corrected chi connectivity index (χ1v) is 4.15. The van der Waals surface area contributed by atoms with Crippen molar-refractivity contribution < 1.29 is 14.2 Å². The highest BCUT2D eigenvalue weighted by molar-refractivity contribution is 4.84. The van der Waals surface area contributed by atoms with Crippen LogP contribution in [0.2, 0.25) is 0 Å². The minimum Gasteiger partial charge on any atom is -0.380 e. The van der Waals surface area contributed by atoms with Gasteiger partial charge < -0.3 is 19.9 Å². The minimum atomic E-state index is -0.176. The van der Waals surface area contributed by atoms with E-state index in [1.165, 1.54) is 0 Å². The van der Waals surface area contributed by atoms with Crippen molar-refractivity contribution in [2.45, 2.75) is 37.9 Å². The van der Waals surface area contributed by atoms with Gasteiger partial charge in [0.15, 0.2) is 6.29 Å². The summed E-state index contributed by atoms with van der Waals surface area (Å²) in [7, 11) is 3.29. The fourth-order valence-corrected chi connectivity index (χ4v) is 1.44. The van der Waals surface area contributed by atoms with Crippen LogP contribution in [0.4, 0.5) is 0 Å². The van der Waals surface area contributed by atoms with Crippen molar-refractivity contribution >= 4 is 0 Å². The number of rotatable bonds is 2. The fraction of sp³-hybridized carbons (Fsp3) is 1.00. The van der Waals surface area contributed by atoms with E-state index in [0.29, 0.717) is 6.42 Å². The monoisotopic (exact) mass is 175 g/mol. The zero-order chi connectivity index (χ0) is 9.14. The molecule has 4 atom stereocenters. The number of methoxy groups -OCH3 is 2. The maximum Gasteiger partial charge on any atom is 0.160 e. The Morgan fingerprint density at radius 3 is 2.50 bits per heavy atom. The lowest BCUT2D eigenvalue weighted by Crippen LogP contribution is -2.53. The Bertz CT molecular complexity index is 142. The molecule has 0 aliphatic carbocycles. The van der Waals surface area contributed by atoms with Crippen LogP contribution in [0.5, 0.6) is 0 Å². The Hall–Kier alpha value is -0.160. The topological polar surface area (TPSA) is 53.7 Å². The summed E-state index contributed by atoms with van der Waals surface area (Å²) >= 11 is 0. The van der Waals surface area contributed by atoms with E-state index in [9.17, 15) is 0 Å². The first-order valence-electron chi connectivity index (χ1n) is 4.15. The molecule has 1 fully saturated rings. The zero-order valence-corrected chi connectivity index (χ0v) is 7.82. The summed E-state index contributed by atoms with van der Waals surface area (Å²) < 4.78 is 15.8. The van der Waals surface area contributed by atoms with Gasteiger partial charge in [0.2, 0.25) is 0 Å². The SMILES string of the molecule is COC1CC(OC)C(N)C(C)O1. The second-order valence-corrected chi connectivity index (χ2v) is 3.09. The molecular formula is C8H17NO3. The van der Waals surface area contributed by atoms with E-state index in [2.05, 4.69) is 0 Å².